The summed E-state index contributed by atoms with van der Waals surface area (Å²) in [6.07, 6.45) is 2.52. The van der Waals surface area contributed by atoms with Crippen molar-refractivity contribution in [3.8, 4) is 5.75 Å². The summed E-state index contributed by atoms with van der Waals surface area (Å²) in [6, 6.07) is 7.09. The molecule has 0 saturated heterocycles. The second-order valence-corrected chi connectivity index (χ2v) is 7.17. The van der Waals surface area contributed by atoms with E-state index in [2.05, 4.69) is 15.7 Å². The zero-order chi connectivity index (χ0) is 21.7. The maximum absolute atomic E-state index is 13.0. The molecule has 1 unspecified atom stereocenters. The van der Waals surface area contributed by atoms with Crippen LogP contribution in [0.2, 0.25) is 0 Å². The number of nitrogens with zero attached hydrogens (tertiary/aromatic N) is 2. The number of hydrogen-bond acceptors (Lipinski definition) is 7. The Morgan fingerprint density at radius 3 is 2.83 bits per heavy atom. The van der Waals surface area contributed by atoms with Crippen LogP contribution in [0.5, 0.6) is 5.75 Å². The Kier molecular flexibility index (Phi) is 6.53. The highest BCUT2D eigenvalue weighted by atomic mass is 16.5. The molecule has 0 aliphatic rings. The number of carbonyl (C=O) groups is 2. The molecule has 2 aromatic heterocycles. The summed E-state index contributed by atoms with van der Waals surface area (Å²) in [5.41, 5.74) is 0.366. The number of aliphatic hydroxyl groups excluding tert-OH is 1. The number of rotatable bonds is 10. The van der Waals surface area contributed by atoms with Gasteiger partial charge in [-0.2, -0.15) is 5.10 Å². The Labute approximate surface area is 174 Å². The molecule has 0 fully saturated rings. The third-order valence-corrected chi connectivity index (χ3v) is 5.06. The number of aldehydes is 1. The third kappa shape index (κ3) is 4.37. The highest BCUT2D eigenvalue weighted by Crippen LogP contribution is 2.30. The number of benzene rings is 1. The molecule has 9 nitrogen and oxygen atoms in total. The lowest BCUT2D eigenvalue weighted by Gasteiger charge is -2.27. The first-order valence-electron chi connectivity index (χ1n) is 9.60. The number of aryl methyl sites for hydroxylation is 2. The maximum atomic E-state index is 13.0. The fraction of sp³-hybridized carbons (Fsp3) is 0.381. The highest BCUT2D eigenvalue weighted by Gasteiger charge is 2.32. The fourth-order valence-corrected chi connectivity index (χ4v) is 3.21. The van der Waals surface area contributed by atoms with E-state index in [0.29, 0.717) is 47.5 Å². The third-order valence-electron chi connectivity index (χ3n) is 5.06. The van der Waals surface area contributed by atoms with Gasteiger partial charge in [0.15, 0.2) is 0 Å². The minimum absolute atomic E-state index is 0.253. The zero-order valence-corrected chi connectivity index (χ0v) is 17.3. The Balaban J connectivity index is 1.87. The van der Waals surface area contributed by atoms with Gasteiger partial charge in [0.1, 0.15) is 35.5 Å². The molecule has 1 atom stereocenters. The lowest BCUT2D eigenvalue weighted by molar-refractivity contribution is -0.114. The first-order chi connectivity index (χ1) is 14.4. The van der Waals surface area contributed by atoms with Crippen LogP contribution < -0.4 is 15.4 Å². The molecule has 30 heavy (non-hydrogen) atoms. The molecule has 2 heterocycles. The summed E-state index contributed by atoms with van der Waals surface area (Å²) in [7, 11) is 3.56. The van der Waals surface area contributed by atoms with Crippen molar-refractivity contribution in [2.75, 3.05) is 20.2 Å². The molecule has 0 aliphatic carbocycles. The number of aliphatic hydroxyl groups is 1. The number of amides is 1. The molecule has 0 spiro atoms. The molecule has 3 aromatic rings. The van der Waals surface area contributed by atoms with E-state index >= 15 is 0 Å². The van der Waals surface area contributed by atoms with Gasteiger partial charge in [-0.1, -0.05) is 0 Å². The van der Waals surface area contributed by atoms with E-state index in [4.69, 9.17) is 9.15 Å². The first kappa shape index (κ1) is 21.5. The average molecular weight is 414 g/mol. The van der Waals surface area contributed by atoms with Crippen molar-refractivity contribution in [1.29, 1.82) is 0 Å². The van der Waals surface area contributed by atoms with Crippen molar-refractivity contribution in [3.05, 3.63) is 47.5 Å². The summed E-state index contributed by atoms with van der Waals surface area (Å²) >= 11 is 0. The van der Waals surface area contributed by atoms with Gasteiger partial charge >= 0.3 is 0 Å². The minimum atomic E-state index is -1.37. The van der Waals surface area contributed by atoms with Gasteiger partial charge in [-0.3, -0.25) is 9.48 Å². The van der Waals surface area contributed by atoms with Gasteiger partial charge in [-0.05, 0) is 51.2 Å². The topological polar surface area (TPSA) is 119 Å². The van der Waals surface area contributed by atoms with Gasteiger partial charge in [0, 0.05) is 18.6 Å². The van der Waals surface area contributed by atoms with Crippen molar-refractivity contribution in [1.82, 2.24) is 20.4 Å². The number of hydrogen-bond donors (Lipinski definition) is 3. The summed E-state index contributed by atoms with van der Waals surface area (Å²) < 4.78 is 13.3. The van der Waals surface area contributed by atoms with Crippen LogP contribution in [0.1, 0.15) is 28.2 Å². The maximum Gasteiger partial charge on any atom is 0.256 e. The number of fused-ring (bicyclic) bond motifs is 1. The molecule has 9 heteroatoms. The molecular weight excluding hydrogens is 388 g/mol. The molecule has 1 aromatic carbocycles. The average Bonchev–Trinajstić information content (AvgIpc) is 3.30. The first-order valence-corrected chi connectivity index (χ1v) is 9.60. The van der Waals surface area contributed by atoms with Crippen molar-refractivity contribution in [2.45, 2.75) is 25.5 Å². The van der Waals surface area contributed by atoms with E-state index < -0.39 is 18.1 Å². The van der Waals surface area contributed by atoms with Crippen LogP contribution >= 0.6 is 0 Å². The van der Waals surface area contributed by atoms with E-state index in [9.17, 15) is 14.7 Å². The van der Waals surface area contributed by atoms with Crippen LogP contribution in [0.15, 0.2) is 34.9 Å². The van der Waals surface area contributed by atoms with Crippen molar-refractivity contribution in [2.24, 2.45) is 7.05 Å². The van der Waals surface area contributed by atoms with E-state index in [0.717, 1.165) is 5.69 Å². The minimum Gasteiger partial charge on any atom is -0.487 e. The highest BCUT2D eigenvalue weighted by molar-refractivity contribution is 6.08. The van der Waals surface area contributed by atoms with Crippen LogP contribution in [-0.2, 0) is 18.4 Å². The monoisotopic (exact) mass is 414 g/mol. The summed E-state index contributed by atoms with van der Waals surface area (Å²) in [6.45, 7) is 1.96. The quantitative estimate of drug-likeness (QED) is 0.428. The summed E-state index contributed by atoms with van der Waals surface area (Å²) in [5, 5.41) is 20.0. The van der Waals surface area contributed by atoms with Gasteiger partial charge in [0.25, 0.3) is 5.91 Å². The van der Waals surface area contributed by atoms with Crippen LogP contribution in [-0.4, -0.2) is 52.8 Å². The molecule has 1 amide bonds. The Morgan fingerprint density at radius 2 is 2.20 bits per heavy atom. The standard InChI is InChI=1S/C21H26N4O5/c1-14-19(20(28)24-21(12-26,13-27)7-9-22-2)17-10-16(4-5-18(17)30-14)29-11-15-6-8-23-25(15)3/h4-6,8,10,12,22,27H,7,9,11,13H2,1-3H3,(H,24,28). The smallest absolute Gasteiger partial charge is 0.256 e. The number of nitrogens with one attached hydrogen (secondary N) is 2. The summed E-state index contributed by atoms with van der Waals surface area (Å²) in [5.74, 6) is 0.488. The molecule has 0 saturated carbocycles. The van der Waals surface area contributed by atoms with E-state index in [1.807, 2.05) is 13.1 Å². The second-order valence-electron chi connectivity index (χ2n) is 7.17. The van der Waals surface area contributed by atoms with E-state index in [1.165, 1.54) is 0 Å². The lowest BCUT2D eigenvalue weighted by Crippen LogP contribution is -2.54. The molecule has 0 aliphatic heterocycles. The second kappa shape index (κ2) is 9.10. The fourth-order valence-electron chi connectivity index (χ4n) is 3.21. The van der Waals surface area contributed by atoms with Crippen LogP contribution in [0.3, 0.4) is 0 Å². The molecule has 0 radical (unpaired) electrons. The number of furan rings is 1. The summed E-state index contributed by atoms with van der Waals surface area (Å²) in [4.78, 5) is 24.7. The molecule has 3 N–H and O–H groups in total. The Hall–Kier alpha value is -3.17. The van der Waals surface area contributed by atoms with Gasteiger partial charge in [-0.15, -0.1) is 0 Å². The number of ether oxygens (including phenoxy) is 1. The molecule has 0 bridgehead atoms. The van der Waals surface area contributed by atoms with Crippen LogP contribution in [0, 0.1) is 6.92 Å². The van der Waals surface area contributed by atoms with Crippen molar-refractivity contribution < 1.29 is 23.8 Å². The SMILES string of the molecule is CNCCC(C=O)(CO)NC(=O)c1c(C)oc2ccc(OCc3ccnn3C)cc12. The van der Waals surface area contributed by atoms with E-state index in [-0.39, 0.29) is 6.42 Å². The Morgan fingerprint density at radius 1 is 1.40 bits per heavy atom. The zero-order valence-electron chi connectivity index (χ0n) is 17.3. The van der Waals surface area contributed by atoms with Gasteiger partial charge in [0.2, 0.25) is 0 Å². The lowest BCUT2D eigenvalue weighted by atomic mass is 9.97. The number of carbonyl (C=O) groups excluding carboxylic acids is 2. The number of aromatic nitrogens is 2. The predicted octanol–water partition coefficient (Wildman–Crippen LogP) is 1.32. The normalized spacial score (nSPS) is 13.2. The van der Waals surface area contributed by atoms with Crippen LogP contribution in [0.25, 0.3) is 11.0 Å². The van der Waals surface area contributed by atoms with Crippen LogP contribution in [0.4, 0.5) is 0 Å². The largest absolute Gasteiger partial charge is 0.487 e. The van der Waals surface area contributed by atoms with Crippen molar-refractivity contribution >= 4 is 23.2 Å². The van der Waals surface area contributed by atoms with Crippen molar-refractivity contribution in [3.63, 3.8) is 0 Å². The van der Waals surface area contributed by atoms with Gasteiger partial charge < -0.3 is 29.7 Å². The molecule has 3 rings (SSSR count). The molecule has 160 valence electrons. The van der Waals surface area contributed by atoms with Gasteiger partial charge in [0.05, 0.1) is 17.9 Å². The van der Waals surface area contributed by atoms with E-state index in [1.54, 1.807) is 43.0 Å². The predicted molar refractivity (Wildman–Crippen MR) is 110 cm³/mol. The van der Waals surface area contributed by atoms with Gasteiger partial charge in [-0.25, -0.2) is 0 Å². The Bertz CT molecular complexity index is 1040. The molecular formula is C21H26N4O5.